The Labute approximate surface area is 140 Å². The van der Waals surface area contributed by atoms with E-state index in [4.69, 9.17) is 18.0 Å². The van der Waals surface area contributed by atoms with Crippen LogP contribution in [0.5, 0.6) is 0 Å². The summed E-state index contributed by atoms with van der Waals surface area (Å²) in [5.41, 5.74) is 5.37. The van der Waals surface area contributed by atoms with Crippen molar-refractivity contribution in [3.05, 3.63) is 12.4 Å². The highest BCUT2D eigenvalue weighted by molar-refractivity contribution is 7.99. The van der Waals surface area contributed by atoms with E-state index in [0.29, 0.717) is 22.4 Å². The molecule has 0 spiro atoms. The van der Waals surface area contributed by atoms with E-state index < -0.39 is 12.7 Å². The molecule has 0 fully saturated rings. The Morgan fingerprint density at radius 3 is 2.83 bits per heavy atom. The fraction of sp³-hybridized carbons (Fsp3) is 0.455. The molecule has 0 saturated heterocycles. The molecule has 23 heavy (non-hydrogen) atoms. The van der Waals surface area contributed by atoms with E-state index in [0.717, 1.165) is 0 Å². The number of thiocarbonyl (C=S) groups is 1. The van der Waals surface area contributed by atoms with Gasteiger partial charge in [0.05, 0.1) is 12.4 Å². The summed E-state index contributed by atoms with van der Waals surface area (Å²) in [5.74, 6) is 0.523. The number of alkyl halides is 3. The first kappa shape index (κ1) is 19.2. The zero-order chi connectivity index (χ0) is 17.3. The van der Waals surface area contributed by atoms with Gasteiger partial charge in [0.25, 0.3) is 0 Å². The number of nitrogens with two attached hydrogens (primary N) is 1. The lowest BCUT2D eigenvalue weighted by molar-refractivity contribution is -0.118. The third-order valence-electron chi connectivity index (χ3n) is 2.16. The van der Waals surface area contributed by atoms with Crippen molar-refractivity contribution < 1.29 is 13.2 Å². The Kier molecular flexibility index (Phi) is 7.81. The molecule has 0 saturated carbocycles. The molecule has 5 N–H and O–H groups in total. The van der Waals surface area contributed by atoms with Gasteiger partial charge in [-0.15, -0.1) is 11.8 Å². The van der Waals surface area contributed by atoms with Crippen LogP contribution in [0.25, 0.3) is 0 Å². The summed E-state index contributed by atoms with van der Waals surface area (Å²) in [5, 5.41) is 9.36. The molecule has 0 unspecified atom stereocenters. The highest BCUT2D eigenvalue weighted by Gasteiger charge is 2.26. The number of aromatic nitrogens is 2. The largest absolute Gasteiger partial charge is 0.408 e. The summed E-state index contributed by atoms with van der Waals surface area (Å²) in [6.45, 7) is -0.733. The fourth-order valence-corrected chi connectivity index (χ4v) is 2.05. The van der Waals surface area contributed by atoms with Crippen LogP contribution in [0.3, 0.4) is 0 Å². The molecule has 7 nitrogen and oxygen atoms in total. The molecule has 0 aliphatic heterocycles. The van der Waals surface area contributed by atoms with Gasteiger partial charge >= 0.3 is 6.18 Å². The summed E-state index contributed by atoms with van der Waals surface area (Å²) in [4.78, 5) is 11.3. The lowest BCUT2D eigenvalue weighted by atomic mass is 10.6. The first-order chi connectivity index (χ1) is 10.8. The van der Waals surface area contributed by atoms with Gasteiger partial charge < -0.3 is 21.7 Å². The van der Waals surface area contributed by atoms with Crippen molar-refractivity contribution in [2.45, 2.75) is 11.2 Å². The molecule has 1 aromatic heterocycles. The number of rotatable bonds is 6. The van der Waals surface area contributed by atoms with Crippen LogP contribution in [0.4, 0.5) is 19.0 Å². The molecule has 0 bridgehead atoms. The van der Waals surface area contributed by atoms with Gasteiger partial charge in [-0.1, -0.05) is 0 Å². The van der Waals surface area contributed by atoms with E-state index in [1.54, 1.807) is 7.05 Å². The second-order valence-corrected chi connectivity index (χ2v) is 5.56. The number of halogens is 3. The van der Waals surface area contributed by atoms with Crippen LogP contribution >= 0.6 is 24.0 Å². The maximum atomic E-state index is 12.0. The van der Waals surface area contributed by atoms with Crippen molar-refractivity contribution in [3.63, 3.8) is 0 Å². The van der Waals surface area contributed by atoms with Crippen molar-refractivity contribution in [2.24, 2.45) is 10.7 Å². The molecule has 12 heteroatoms. The molecular formula is C11H16F3N7S2. The zero-order valence-corrected chi connectivity index (χ0v) is 13.8. The van der Waals surface area contributed by atoms with Gasteiger partial charge in [-0.25, -0.2) is 9.98 Å². The van der Waals surface area contributed by atoms with Gasteiger partial charge in [0, 0.05) is 19.3 Å². The van der Waals surface area contributed by atoms with Crippen LogP contribution < -0.4 is 21.7 Å². The lowest BCUT2D eigenvalue weighted by Crippen LogP contribution is -2.33. The third kappa shape index (κ3) is 9.03. The van der Waals surface area contributed by atoms with Crippen molar-refractivity contribution in [2.75, 3.05) is 31.2 Å². The Hall–Kier alpha value is -1.82. The first-order valence-electron chi connectivity index (χ1n) is 6.34. The fourth-order valence-electron chi connectivity index (χ4n) is 1.23. The highest BCUT2D eigenvalue weighted by atomic mass is 32.2. The van der Waals surface area contributed by atoms with Gasteiger partial charge in [0.15, 0.2) is 16.9 Å². The van der Waals surface area contributed by atoms with Crippen molar-refractivity contribution in [1.29, 1.82) is 0 Å². The summed E-state index contributed by atoms with van der Waals surface area (Å²) in [6, 6.07) is 0. The van der Waals surface area contributed by atoms with Crippen LogP contribution in [0.1, 0.15) is 0 Å². The number of anilines is 1. The Bertz CT molecular complexity index is 551. The minimum Gasteiger partial charge on any atom is -0.370 e. The number of thioether (sulfide) groups is 1. The van der Waals surface area contributed by atoms with E-state index in [-0.39, 0.29) is 11.8 Å². The van der Waals surface area contributed by atoms with Gasteiger partial charge in [-0.2, -0.15) is 13.2 Å². The Balaban J connectivity index is 2.48. The summed E-state index contributed by atoms with van der Waals surface area (Å²) in [6.07, 6.45) is -1.53. The molecule has 0 atom stereocenters. The van der Waals surface area contributed by atoms with Crippen LogP contribution in [-0.2, 0) is 0 Å². The van der Waals surface area contributed by atoms with E-state index in [9.17, 15) is 13.2 Å². The van der Waals surface area contributed by atoms with Crippen molar-refractivity contribution in [3.8, 4) is 0 Å². The second kappa shape index (κ2) is 9.35. The smallest absolute Gasteiger partial charge is 0.370 e. The average Bonchev–Trinajstić information content (AvgIpc) is 2.49. The molecule has 0 aliphatic carbocycles. The monoisotopic (exact) mass is 367 g/mol. The minimum atomic E-state index is -4.41. The standard InChI is InChI=1S/C11H16F3N7S2/c1-16-10(22)18-2-3-23-8-5-17-4-7(20-8)21-9(15)19-6-11(12,13)14/h4-5H,2-3,6H2,1H3,(H2,16,18,22)(H3,15,19,20,21). The SMILES string of the molecule is CNC(=S)NCCSc1cncc(NC(N)=NCC(F)(F)F)n1. The maximum Gasteiger partial charge on any atom is 0.408 e. The Morgan fingerprint density at radius 1 is 1.43 bits per heavy atom. The van der Waals surface area contributed by atoms with Crippen LogP contribution in [0, 0.1) is 0 Å². The topological polar surface area (TPSA) is 100 Å². The molecule has 1 rings (SSSR count). The molecular weight excluding hydrogens is 351 g/mol. The molecule has 1 aromatic rings. The molecule has 0 amide bonds. The second-order valence-electron chi connectivity index (χ2n) is 4.04. The van der Waals surface area contributed by atoms with E-state index in [1.165, 1.54) is 24.2 Å². The number of nitrogens with one attached hydrogen (secondary N) is 3. The predicted octanol–water partition coefficient (Wildman–Crippen LogP) is 0.952. The predicted molar refractivity (Wildman–Crippen MR) is 88.6 cm³/mol. The van der Waals surface area contributed by atoms with Gasteiger partial charge in [0.2, 0.25) is 0 Å². The van der Waals surface area contributed by atoms with E-state index in [2.05, 4.69) is 30.9 Å². The minimum absolute atomic E-state index is 0.220. The number of hydrogen-bond donors (Lipinski definition) is 4. The number of guanidine groups is 1. The van der Waals surface area contributed by atoms with E-state index in [1.807, 2.05) is 0 Å². The molecule has 1 heterocycles. The molecule has 128 valence electrons. The highest BCUT2D eigenvalue weighted by Crippen LogP contribution is 2.16. The first-order valence-corrected chi connectivity index (χ1v) is 7.73. The van der Waals surface area contributed by atoms with Gasteiger partial charge in [-0.05, 0) is 12.2 Å². The summed E-state index contributed by atoms with van der Waals surface area (Å²) < 4.78 is 36.1. The average molecular weight is 367 g/mol. The quantitative estimate of drug-likeness (QED) is 0.194. The van der Waals surface area contributed by atoms with Crippen LogP contribution in [0.15, 0.2) is 22.4 Å². The molecule has 0 aromatic carbocycles. The van der Waals surface area contributed by atoms with E-state index >= 15 is 0 Å². The molecule has 0 radical (unpaired) electrons. The number of hydrogen-bond acceptors (Lipinski definition) is 5. The van der Waals surface area contributed by atoms with Gasteiger partial charge in [0.1, 0.15) is 11.6 Å². The Morgan fingerprint density at radius 2 is 2.17 bits per heavy atom. The van der Waals surface area contributed by atoms with Crippen LogP contribution in [0.2, 0.25) is 0 Å². The molecule has 0 aliphatic rings. The third-order valence-corrected chi connectivity index (χ3v) is 3.41. The van der Waals surface area contributed by atoms with Gasteiger partial charge in [-0.3, -0.25) is 4.98 Å². The lowest BCUT2D eigenvalue weighted by Gasteiger charge is -2.08. The van der Waals surface area contributed by atoms with Crippen molar-refractivity contribution >= 4 is 40.9 Å². The summed E-state index contributed by atoms with van der Waals surface area (Å²) in [7, 11) is 1.72. The number of nitrogens with zero attached hydrogens (tertiary/aromatic N) is 3. The summed E-state index contributed by atoms with van der Waals surface area (Å²) >= 11 is 6.34. The van der Waals surface area contributed by atoms with Crippen LogP contribution in [-0.4, -0.2) is 53.1 Å². The zero-order valence-electron chi connectivity index (χ0n) is 12.1. The maximum absolute atomic E-state index is 12.0. The normalized spacial score (nSPS) is 11.9. The number of aliphatic imine (C=N–C) groups is 1. The van der Waals surface area contributed by atoms with Crippen molar-refractivity contribution in [1.82, 2.24) is 20.6 Å².